The van der Waals surface area contributed by atoms with Gasteiger partial charge in [0.2, 0.25) is 21.7 Å². The van der Waals surface area contributed by atoms with E-state index in [0.29, 0.717) is 30.2 Å². The van der Waals surface area contributed by atoms with Crippen LogP contribution in [0, 0.1) is 11.3 Å². The molecule has 2 aromatic carbocycles. The van der Waals surface area contributed by atoms with Gasteiger partial charge in [0, 0.05) is 18.2 Å². The molecule has 29 heavy (non-hydrogen) atoms. The van der Waals surface area contributed by atoms with Gasteiger partial charge < -0.3 is 4.52 Å². The molecule has 9 heteroatoms. The molecule has 0 spiro atoms. The summed E-state index contributed by atoms with van der Waals surface area (Å²) in [4.78, 5) is 6.62. The van der Waals surface area contributed by atoms with Gasteiger partial charge >= 0.3 is 0 Å². The van der Waals surface area contributed by atoms with Crippen molar-refractivity contribution in [2.24, 2.45) is 0 Å². The van der Waals surface area contributed by atoms with Gasteiger partial charge in [-0.3, -0.25) is 4.90 Å². The minimum Gasteiger partial charge on any atom is -0.337 e. The average Bonchev–Trinajstić information content (AvgIpc) is 3.35. The van der Waals surface area contributed by atoms with E-state index in [1.54, 1.807) is 0 Å². The van der Waals surface area contributed by atoms with E-state index in [9.17, 15) is 8.42 Å². The van der Waals surface area contributed by atoms with E-state index in [4.69, 9.17) is 9.78 Å². The number of nitrogens with one attached hydrogen (secondary N) is 1. The van der Waals surface area contributed by atoms with E-state index in [1.807, 2.05) is 48.3 Å². The Kier molecular flexibility index (Phi) is 5.15. The fraction of sp³-hybridized carbons (Fsp3) is 0.250. The summed E-state index contributed by atoms with van der Waals surface area (Å²) in [5.41, 5.74) is 1.27. The van der Waals surface area contributed by atoms with Crippen molar-refractivity contribution in [1.82, 2.24) is 19.8 Å². The van der Waals surface area contributed by atoms with Crippen LogP contribution in [0.4, 0.5) is 0 Å². The minimum atomic E-state index is -3.69. The van der Waals surface area contributed by atoms with E-state index in [0.717, 1.165) is 5.56 Å². The van der Waals surface area contributed by atoms with Crippen LogP contribution in [-0.4, -0.2) is 43.1 Å². The highest BCUT2D eigenvalue weighted by Crippen LogP contribution is 2.31. The largest absolute Gasteiger partial charge is 0.337 e. The van der Waals surface area contributed by atoms with Gasteiger partial charge in [-0.15, -0.1) is 0 Å². The third-order valence-electron chi connectivity index (χ3n) is 4.92. The van der Waals surface area contributed by atoms with Crippen molar-refractivity contribution in [2.45, 2.75) is 23.4 Å². The van der Waals surface area contributed by atoms with Gasteiger partial charge in [-0.2, -0.15) is 10.2 Å². The zero-order chi connectivity index (χ0) is 20.4. The third kappa shape index (κ3) is 4.05. The van der Waals surface area contributed by atoms with Crippen molar-refractivity contribution in [1.29, 1.82) is 5.26 Å². The SMILES string of the molecule is CN1C[C@@H](NS(=O)(=O)c2ccc(C#N)cc2)C[C@H]1c1nc(-c2ccccc2)no1. The second-order valence-corrected chi connectivity index (χ2v) is 8.68. The topological polar surface area (TPSA) is 112 Å². The highest BCUT2D eigenvalue weighted by atomic mass is 32.2. The number of benzene rings is 2. The van der Waals surface area contributed by atoms with Crippen LogP contribution in [0.25, 0.3) is 11.4 Å². The number of aromatic nitrogens is 2. The predicted octanol–water partition coefficient (Wildman–Crippen LogP) is 2.33. The summed E-state index contributed by atoms with van der Waals surface area (Å²) in [6.07, 6.45) is 0.516. The van der Waals surface area contributed by atoms with Crippen molar-refractivity contribution >= 4 is 10.0 Å². The molecule has 1 aromatic heterocycles. The zero-order valence-electron chi connectivity index (χ0n) is 15.7. The molecular weight excluding hydrogens is 390 g/mol. The summed E-state index contributed by atoms with van der Waals surface area (Å²) in [5, 5.41) is 12.9. The predicted molar refractivity (Wildman–Crippen MR) is 105 cm³/mol. The second kappa shape index (κ2) is 7.75. The molecule has 148 valence electrons. The normalized spacial score (nSPS) is 19.9. The summed E-state index contributed by atoms with van der Waals surface area (Å²) in [5.74, 6) is 0.974. The molecule has 0 aliphatic carbocycles. The molecule has 0 saturated carbocycles. The standard InChI is InChI=1S/C20H19N5O3S/c1-25-13-16(24-29(26,27)17-9-7-14(12-21)8-10-17)11-18(25)20-22-19(23-28-20)15-5-3-2-4-6-15/h2-10,16,18,24H,11,13H2,1H3/t16-,18-/m0/s1. The first-order valence-electron chi connectivity index (χ1n) is 9.08. The van der Waals surface area contributed by atoms with E-state index < -0.39 is 10.0 Å². The molecule has 3 aromatic rings. The zero-order valence-corrected chi connectivity index (χ0v) is 16.5. The number of hydrogen-bond acceptors (Lipinski definition) is 7. The Hall–Kier alpha value is -3.06. The van der Waals surface area contributed by atoms with Crippen molar-refractivity contribution in [3.05, 3.63) is 66.1 Å². The van der Waals surface area contributed by atoms with Crippen LogP contribution in [0.15, 0.2) is 64.0 Å². The number of likely N-dealkylation sites (N-methyl/N-ethyl adjacent to an activating group) is 1. The van der Waals surface area contributed by atoms with E-state index in [2.05, 4.69) is 14.9 Å². The maximum absolute atomic E-state index is 12.7. The number of sulfonamides is 1. The number of rotatable bonds is 5. The lowest BCUT2D eigenvalue weighted by Crippen LogP contribution is -2.36. The van der Waals surface area contributed by atoms with Gasteiger partial charge in [-0.1, -0.05) is 35.5 Å². The van der Waals surface area contributed by atoms with Gasteiger partial charge in [0.15, 0.2) is 0 Å². The van der Waals surface area contributed by atoms with Gasteiger partial charge in [0.25, 0.3) is 0 Å². The smallest absolute Gasteiger partial charge is 0.244 e. The maximum Gasteiger partial charge on any atom is 0.244 e. The van der Waals surface area contributed by atoms with Gasteiger partial charge in [0.05, 0.1) is 22.6 Å². The molecule has 8 nitrogen and oxygen atoms in total. The van der Waals surface area contributed by atoms with E-state index in [1.165, 1.54) is 24.3 Å². The van der Waals surface area contributed by atoms with Crippen molar-refractivity contribution in [2.75, 3.05) is 13.6 Å². The summed E-state index contributed by atoms with van der Waals surface area (Å²) < 4.78 is 33.5. The Morgan fingerprint density at radius 2 is 1.90 bits per heavy atom. The molecule has 4 rings (SSSR count). The molecule has 1 fully saturated rings. The molecular formula is C20H19N5O3S. The van der Waals surface area contributed by atoms with Gasteiger partial charge in [0.1, 0.15) is 0 Å². The second-order valence-electron chi connectivity index (χ2n) is 6.97. The highest BCUT2D eigenvalue weighted by molar-refractivity contribution is 7.89. The van der Waals surface area contributed by atoms with Crippen LogP contribution in [0.3, 0.4) is 0 Å². The lowest BCUT2D eigenvalue weighted by molar-refractivity contribution is 0.244. The summed E-state index contributed by atoms with van der Waals surface area (Å²) in [6.45, 7) is 0.517. The summed E-state index contributed by atoms with van der Waals surface area (Å²) in [6, 6.07) is 16.9. The Bertz CT molecular complexity index is 1140. The van der Waals surface area contributed by atoms with Crippen molar-refractivity contribution in [3.8, 4) is 17.5 Å². The van der Waals surface area contributed by atoms with Crippen LogP contribution in [0.5, 0.6) is 0 Å². The maximum atomic E-state index is 12.7. The lowest BCUT2D eigenvalue weighted by Gasteiger charge is -2.14. The fourth-order valence-corrected chi connectivity index (χ4v) is 4.68. The van der Waals surface area contributed by atoms with Crippen LogP contribution in [0.2, 0.25) is 0 Å². The number of hydrogen-bond donors (Lipinski definition) is 1. The Labute approximate surface area is 168 Å². The summed E-state index contributed by atoms with van der Waals surface area (Å²) >= 11 is 0. The number of nitriles is 1. The number of nitrogens with zero attached hydrogens (tertiary/aromatic N) is 4. The minimum absolute atomic E-state index is 0.131. The third-order valence-corrected chi connectivity index (χ3v) is 6.46. The molecule has 2 heterocycles. The van der Waals surface area contributed by atoms with E-state index >= 15 is 0 Å². The molecule has 1 aliphatic heterocycles. The Morgan fingerprint density at radius 1 is 1.17 bits per heavy atom. The van der Waals surface area contributed by atoms with Crippen LogP contribution < -0.4 is 4.72 Å². The first-order valence-corrected chi connectivity index (χ1v) is 10.6. The molecule has 1 aliphatic rings. The lowest BCUT2D eigenvalue weighted by atomic mass is 10.2. The Morgan fingerprint density at radius 3 is 2.59 bits per heavy atom. The highest BCUT2D eigenvalue weighted by Gasteiger charge is 2.36. The molecule has 0 radical (unpaired) electrons. The van der Waals surface area contributed by atoms with Gasteiger partial charge in [-0.25, -0.2) is 13.1 Å². The molecule has 1 saturated heterocycles. The van der Waals surface area contributed by atoms with Crippen LogP contribution in [-0.2, 0) is 10.0 Å². The van der Waals surface area contributed by atoms with Crippen molar-refractivity contribution in [3.63, 3.8) is 0 Å². The first kappa shape index (κ1) is 19.3. The Balaban J connectivity index is 1.47. The first-order chi connectivity index (χ1) is 14.0. The number of likely N-dealkylation sites (tertiary alicyclic amines) is 1. The molecule has 2 atom stereocenters. The molecule has 0 amide bonds. The monoisotopic (exact) mass is 409 g/mol. The fourth-order valence-electron chi connectivity index (χ4n) is 3.44. The summed E-state index contributed by atoms with van der Waals surface area (Å²) in [7, 11) is -1.79. The van der Waals surface area contributed by atoms with E-state index in [-0.39, 0.29) is 17.0 Å². The van der Waals surface area contributed by atoms with Crippen LogP contribution in [0.1, 0.15) is 23.9 Å². The van der Waals surface area contributed by atoms with Gasteiger partial charge in [-0.05, 0) is 37.7 Å². The van der Waals surface area contributed by atoms with Crippen LogP contribution >= 0.6 is 0 Å². The average molecular weight is 409 g/mol. The van der Waals surface area contributed by atoms with Crippen molar-refractivity contribution < 1.29 is 12.9 Å². The molecule has 1 N–H and O–H groups in total. The molecule has 0 bridgehead atoms. The molecule has 0 unspecified atom stereocenters. The quantitative estimate of drug-likeness (QED) is 0.688.